The van der Waals surface area contributed by atoms with Crippen LogP contribution in [0.1, 0.15) is 11.4 Å². The summed E-state index contributed by atoms with van der Waals surface area (Å²) in [5, 5.41) is 12.7. The zero-order valence-corrected chi connectivity index (χ0v) is 9.44. The van der Waals surface area contributed by atoms with E-state index in [0.717, 1.165) is 17.1 Å². The smallest absolute Gasteiger partial charge is 0.127 e. The van der Waals surface area contributed by atoms with Crippen LogP contribution in [-0.4, -0.2) is 14.7 Å². The van der Waals surface area contributed by atoms with Crippen LogP contribution in [0.5, 0.6) is 5.75 Å². The van der Waals surface area contributed by atoms with Crippen LogP contribution in [0.3, 0.4) is 0 Å². The van der Waals surface area contributed by atoms with E-state index in [1.165, 1.54) is 0 Å². The Bertz CT molecular complexity index is 491. The first-order valence-corrected chi connectivity index (χ1v) is 5.16. The fourth-order valence-electron chi connectivity index (χ4n) is 1.51. The zero-order chi connectivity index (χ0) is 11.5. The van der Waals surface area contributed by atoms with Crippen molar-refractivity contribution < 1.29 is 5.11 Å². The van der Waals surface area contributed by atoms with Crippen LogP contribution in [-0.2, 0) is 13.6 Å². The number of imidazole rings is 1. The molecule has 0 saturated carbocycles. The molecule has 2 rings (SSSR count). The lowest BCUT2D eigenvalue weighted by atomic mass is 10.2. The van der Waals surface area contributed by atoms with Gasteiger partial charge in [0.2, 0.25) is 0 Å². The van der Waals surface area contributed by atoms with Crippen molar-refractivity contribution >= 4 is 5.69 Å². The second-order valence-electron chi connectivity index (χ2n) is 3.81. The van der Waals surface area contributed by atoms with Crippen LogP contribution >= 0.6 is 0 Å². The summed E-state index contributed by atoms with van der Waals surface area (Å²) >= 11 is 0. The number of aromatic nitrogens is 2. The van der Waals surface area contributed by atoms with Gasteiger partial charge in [0.25, 0.3) is 0 Å². The summed E-state index contributed by atoms with van der Waals surface area (Å²) < 4.78 is 1.97. The normalized spacial score (nSPS) is 10.4. The Morgan fingerprint density at radius 2 is 2.25 bits per heavy atom. The molecule has 0 atom stereocenters. The molecular weight excluding hydrogens is 202 g/mol. The molecule has 84 valence electrons. The number of benzene rings is 1. The van der Waals surface area contributed by atoms with E-state index in [4.69, 9.17) is 0 Å². The summed E-state index contributed by atoms with van der Waals surface area (Å²) in [6, 6.07) is 5.46. The molecule has 2 aromatic rings. The first kappa shape index (κ1) is 10.5. The van der Waals surface area contributed by atoms with E-state index >= 15 is 0 Å². The number of rotatable bonds is 3. The highest BCUT2D eigenvalue weighted by atomic mass is 16.3. The molecule has 1 aromatic carbocycles. The van der Waals surface area contributed by atoms with Crippen molar-refractivity contribution in [2.24, 2.45) is 7.05 Å². The fraction of sp³-hybridized carbons (Fsp3) is 0.250. The topological polar surface area (TPSA) is 50.1 Å². The lowest BCUT2D eigenvalue weighted by molar-refractivity contribution is 0.471. The van der Waals surface area contributed by atoms with E-state index in [1.54, 1.807) is 12.3 Å². The van der Waals surface area contributed by atoms with Crippen molar-refractivity contribution in [3.8, 4) is 5.75 Å². The fourth-order valence-corrected chi connectivity index (χ4v) is 1.51. The van der Waals surface area contributed by atoms with Gasteiger partial charge in [-0.05, 0) is 30.7 Å². The quantitative estimate of drug-likeness (QED) is 0.773. The third-order valence-electron chi connectivity index (χ3n) is 2.57. The van der Waals surface area contributed by atoms with Crippen molar-refractivity contribution in [2.45, 2.75) is 13.5 Å². The summed E-state index contributed by atoms with van der Waals surface area (Å²) in [6.07, 6.45) is 3.69. The van der Waals surface area contributed by atoms with Crippen LogP contribution < -0.4 is 5.32 Å². The third-order valence-corrected chi connectivity index (χ3v) is 2.57. The molecule has 1 heterocycles. The number of phenolic OH excluding ortho intramolecular Hbond substituents is 1. The van der Waals surface area contributed by atoms with Gasteiger partial charge in [-0.3, -0.25) is 0 Å². The minimum absolute atomic E-state index is 0.322. The SMILES string of the molecule is Cc1cc(NCc2nccn2C)ccc1O. The van der Waals surface area contributed by atoms with E-state index < -0.39 is 0 Å². The van der Waals surface area contributed by atoms with Crippen LogP contribution in [0.15, 0.2) is 30.6 Å². The number of nitrogens with one attached hydrogen (secondary N) is 1. The highest BCUT2D eigenvalue weighted by Gasteiger charge is 2.00. The molecule has 0 fully saturated rings. The molecule has 0 spiro atoms. The van der Waals surface area contributed by atoms with Crippen molar-refractivity contribution in [1.29, 1.82) is 0 Å². The van der Waals surface area contributed by atoms with Gasteiger partial charge in [0.05, 0.1) is 6.54 Å². The predicted octanol–water partition coefficient (Wildman–Crippen LogP) is 2.05. The second kappa shape index (κ2) is 4.26. The highest BCUT2D eigenvalue weighted by molar-refractivity contribution is 5.50. The maximum atomic E-state index is 9.40. The number of hydrogen-bond donors (Lipinski definition) is 2. The van der Waals surface area contributed by atoms with Gasteiger partial charge in [0.15, 0.2) is 0 Å². The highest BCUT2D eigenvalue weighted by Crippen LogP contribution is 2.20. The van der Waals surface area contributed by atoms with Gasteiger partial charge < -0.3 is 15.0 Å². The second-order valence-corrected chi connectivity index (χ2v) is 3.81. The van der Waals surface area contributed by atoms with Gasteiger partial charge in [-0.25, -0.2) is 4.98 Å². The Hall–Kier alpha value is -1.97. The zero-order valence-electron chi connectivity index (χ0n) is 9.44. The van der Waals surface area contributed by atoms with Crippen LogP contribution in [0.4, 0.5) is 5.69 Å². The number of phenols is 1. The largest absolute Gasteiger partial charge is 0.508 e. The summed E-state index contributed by atoms with van der Waals surface area (Å²) in [6.45, 7) is 2.55. The standard InChI is InChI=1S/C12H15N3O/c1-9-7-10(3-4-11(9)16)14-8-12-13-5-6-15(12)2/h3-7,14,16H,8H2,1-2H3. The summed E-state index contributed by atoms with van der Waals surface area (Å²) in [4.78, 5) is 4.22. The minimum Gasteiger partial charge on any atom is -0.508 e. The van der Waals surface area contributed by atoms with Gasteiger partial charge in [0.1, 0.15) is 11.6 Å². The first-order chi connectivity index (χ1) is 7.66. The molecule has 4 nitrogen and oxygen atoms in total. The Morgan fingerprint density at radius 3 is 2.88 bits per heavy atom. The van der Waals surface area contributed by atoms with E-state index in [9.17, 15) is 5.11 Å². The van der Waals surface area contributed by atoms with Crippen LogP contribution in [0.25, 0.3) is 0 Å². The number of aromatic hydroxyl groups is 1. The van der Waals surface area contributed by atoms with E-state index in [-0.39, 0.29) is 0 Å². The molecule has 0 saturated heterocycles. The van der Waals surface area contributed by atoms with Gasteiger partial charge in [-0.2, -0.15) is 0 Å². The number of hydrogen-bond acceptors (Lipinski definition) is 3. The van der Waals surface area contributed by atoms with E-state index in [1.807, 2.05) is 36.9 Å². The number of anilines is 1. The Labute approximate surface area is 94.6 Å². The monoisotopic (exact) mass is 217 g/mol. The van der Waals surface area contributed by atoms with Gasteiger partial charge in [-0.1, -0.05) is 0 Å². The average Bonchev–Trinajstić information content (AvgIpc) is 2.66. The summed E-state index contributed by atoms with van der Waals surface area (Å²) in [5.74, 6) is 1.30. The van der Waals surface area contributed by atoms with Crippen LogP contribution in [0, 0.1) is 6.92 Å². The summed E-state index contributed by atoms with van der Waals surface area (Å²) in [5.41, 5.74) is 1.85. The lowest BCUT2D eigenvalue weighted by Crippen LogP contribution is -2.05. The molecular formula is C12H15N3O. The Balaban J connectivity index is 2.05. The lowest BCUT2D eigenvalue weighted by Gasteiger charge is -2.08. The number of nitrogens with zero attached hydrogens (tertiary/aromatic N) is 2. The molecule has 0 aliphatic heterocycles. The summed E-state index contributed by atoms with van der Waals surface area (Å²) in [7, 11) is 1.96. The van der Waals surface area contributed by atoms with E-state index in [0.29, 0.717) is 12.3 Å². The van der Waals surface area contributed by atoms with Gasteiger partial charge >= 0.3 is 0 Å². The Morgan fingerprint density at radius 1 is 1.44 bits per heavy atom. The number of aryl methyl sites for hydroxylation is 2. The van der Waals surface area contributed by atoms with Gasteiger partial charge in [0, 0.05) is 25.1 Å². The molecule has 0 aliphatic rings. The van der Waals surface area contributed by atoms with Crippen molar-refractivity contribution in [3.63, 3.8) is 0 Å². The average molecular weight is 217 g/mol. The predicted molar refractivity (Wildman–Crippen MR) is 63.4 cm³/mol. The van der Waals surface area contributed by atoms with Crippen LogP contribution in [0.2, 0.25) is 0 Å². The first-order valence-electron chi connectivity index (χ1n) is 5.16. The van der Waals surface area contributed by atoms with E-state index in [2.05, 4.69) is 10.3 Å². The third kappa shape index (κ3) is 2.16. The minimum atomic E-state index is 0.322. The van der Waals surface area contributed by atoms with Crippen molar-refractivity contribution in [1.82, 2.24) is 9.55 Å². The molecule has 1 aromatic heterocycles. The maximum Gasteiger partial charge on any atom is 0.127 e. The van der Waals surface area contributed by atoms with Gasteiger partial charge in [-0.15, -0.1) is 0 Å². The van der Waals surface area contributed by atoms with Crippen molar-refractivity contribution in [2.75, 3.05) is 5.32 Å². The Kier molecular flexibility index (Phi) is 2.81. The molecule has 4 heteroatoms. The molecule has 0 unspecified atom stereocenters. The molecule has 0 bridgehead atoms. The molecule has 0 aliphatic carbocycles. The maximum absolute atomic E-state index is 9.40. The molecule has 0 radical (unpaired) electrons. The molecule has 16 heavy (non-hydrogen) atoms. The molecule has 2 N–H and O–H groups in total. The molecule has 0 amide bonds. The van der Waals surface area contributed by atoms with Crippen molar-refractivity contribution in [3.05, 3.63) is 42.0 Å².